The van der Waals surface area contributed by atoms with Crippen LogP contribution in [-0.4, -0.2) is 85.4 Å². The molecule has 0 bridgehead atoms. The molecule has 0 spiro atoms. The van der Waals surface area contributed by atoms with Crippen LogP contribution in [0, 0.1) is 0 Å². The second kappa shape index (κ2) is 9.75. The second-order valence-electron chi connectivity index (χ2n) is 4.37. The topological polar surface area (TPSA) is 53.0 Å². The van der Waals surface area contributed by atoms with Crippen molar-refractivity contribution in [3.8, 4) is 0 Å². The van der Waals surface area contributed by atoms with E-state index in [1.54, 1.807) is 0 Å². The van der Waals surface area contributed by atoms with E-state index in [-0.39, 0.29) is 6.23 Å². The molecule has 1 unspecified atom stereocenters. The molecule has 2 fully saturated rings. The Morgan fingerprint density at radius 1 is 1.17 bits per heavy atom. The maximum absolute atomic E-state index is 10.1. The SMILES string of the molecule is C=O.OC(CCN1CCOCC1)N1CCSCC1. The highest BCUT2D eigenvalue weighted by molar-refractivity contribution is 7.99. The predicted octanol–water partition coefficient (Wildman–Crippen LogP) is -0.109. The van der Waals surface area contributed by atoms with E-state index in [0.717, 1.165) is 63.9 Å². The molecule has 2 saturated heterocycles. The molecule has 2 aliphatic heterocycles. The fraction of sp³-hybridized carbons (Fsp3) is 0.917. The number of aliphatic hydroxyl groups is 1. The van der Waals surface area contributed by atoms with Crippen LogP contribution in [-0.2, 0) is 9.53 Å². The summed E-state index contributed by atoms with van der Waals surface area (Å²) >= 11 is 1.98. The van der Waals surface area contributed by atoms with Crippen molar-refractivity contribution in [2.45, 2.75) is 12.6 Å². The van der Waals surface area contributed by atoms with E-state index in [0.29, 0.717) is 0 Å². The van der Waals surface area contributed by atoms with E-state index < -0.39 is 0 Å². The number of rotatable bonds is 4. The summed E-state index contributed by atoms with van der Waals surface area (Å²) < 4.78 is 5.31. The summed E-state index contributed by atoms with van der Waals surface area (Å²) in [5.74, 6) is 2.32. The molecule has 106 valence electrons. The minimum atomic E-state index is -0.247. The van der Waals surface area contributed by atoms with Gasteiger partial charge in [0.05, 0.1) is 13.2 Å². The maximum atomic E-state index is 10.1. The first-order chi connectivity index (χ1) is 8.86. The monoisotopic (exact) mass is 276 g/mol. The Balaban J connectivity index is 0.000000771. The number of nitrogens with zero attached hydrogens (tertiary/aromatic N) is 2. The number of hydrogen-bond acceptors (Lipinski definition) is 6. The summed E-state index contributed by atoms with van der Waals surface area (Å²) in [4.78, 5) is 12.6. The summed E-state index contributed by atoms with van der Waals surface area (Å²) in [5, 5.41) is 10.1. The van der Waals surface area contributed by atoms with Gasteiger partial charge in [0.1, 0.15) is 13.0 Å². The largest absolute Gasteiger partial charge is 0.379 e. The lowest BCUT2D eigenvalue weighted by Crippen LogP contribution is -2.44. The Morgan fingerprint density at radius 3 is 2.39 bits per heavy atom. The molecule has 2 aliphatic rings. The molecular weight excluding hydrogens is 252 g/mol. The van der Waals surface area contributed by atoms with Crippen LogP contribution >= 0.6 is 11.8 Å². The third-order valence-electron chi connectivity index (χ3n) is 3.27. The highest BCUT2D eigenvalue weighted by atomic mass is 32.2. The molecule has 0 aromatic carbocycles. The minimum Gasteiger partial charge on any atom is -0.379 e. The van der Waals surface area contributed by atoms with E-state index in [4.69, 9.17) is 9.53 Å². The molecule has 0 saturated carbocycles. The minimum absolute atomic E-state index is 0.247. The van der Waals surface area contributed by atoms with Crippen molar-refractivity contribution >= 4 is 18.6 Å². The zero-order valence-electron chi connectivity index (χ0n) is 10.9. The number of ether oxygens (including phenoxy) is 1. The fourth-order valence-electron chi connectivity index (χ4n) is 2.18. The highest BCUT2D eigenvalue weighted by Crippen LogP contribution is 2.13. The van der Waals surface area contributed by atoms with Gasteiger partial charge in [0, 0.05) is 44.2 Å². The Labute approximate surface area is 113 Å². The van der Waals surface area contributed by atoms with Gasteiger partial charge < -0.3 is 14.6 Å². The van der Waals surface area contributed by atoms with Crippen LogP contribution < -0.4 is 0 Å². The van der Waals surface area contributed by atoms with Crippen LogP contribution in [0.4, 0.5) is 0 Å². The molecule has 0 amide bonds. The maximum Gasteiger partial charge on any atom is 0.108 e. The molecule has 0 aliphatic carbocycles. The Bertz CT molecular complexity index is 209. The molecule has 2 rings (SSSR count). The molecule has 0 aromatic heterocycles. The van der Waals surface area contributed by atoms with E-state index in [2.05, 4.69) is 9.80 Å². The van der Waals surface area contributed by atoms with Gasteiger partial charge in [-0.3, -0.25) is 9.80 Å². The van der Waals surface area contributed by atoms with Gasteiger partial charge in [-0.15, -0.1) is 0 Å². The van der Waals surface area contributed by atoms with Gasteiger partial charge in [0.15, 0.2) is 0 Å². The lowest BCUT2D eigenvalue weighted by Gasteiger charge is -2.33. The van der Waals surface area contributed by atoms with Crippen molar-refractivity contribution in [1.82, 2.24) is 9.80 Å². The summed E-state index contributed by atoms with van der Waals surface area (Å²) in [6.07, 6.45) is 0.619. The lowest BCUT2D eigenvalue weighted by atomic mass is 10.3. The smallest absolute Gasteiger partial charge is 0.108 e. The fourth-order valence-corrected chi connectivity index (χ4v) is 3.11. The Kier molecular flexibility index (Phi) is 8.62. The Hall–Kier alpha value is -0.140. The molecular formula is C12H24N2O3S. The van der Waals surface area contributed by atoms with Crippen LogP contribution in [0.5, 0.6) is 0 Å². The van der Waals surface area contributed by atoms with Gasteiger partial charge >= 0.3 is 0 Å². The molecule has 1 atom stereocenters. The number of aliphatic hydroxyl groups excluding tert-OH is 1. The lowest BCUT2D eigenvalue weighted by molar-refractivity contribution is -0.0979. The normalized spacial score (nSPS) is 24.1. The van der Waals surface area contributed by atoms with Crippen molar-refractivity contribution in [3.05, 3.63) is 0 Å². The van der Waals surface area contributed by atoms with Crippen LogP contribution in [0.1, 0.15) is 6.42 Å². The van der Waals surface area contributed by atoms with Gasteiger partial charge in [-0.05, 0) is 6.42 Å². The first-order valence-electron chi connectivity index (χ1n) is 6.45. The van der Waals surface area contributed by atoms with Gasteiger partial charge in [0.2, 0.25) is 0 Å². The molecule has 0 aromatic rings. The predicted molar refractivity (Wildman–Crippen MR) is 73.9 cm³/mol. The van der Waals surface area contributed by atoms with Crippen molar-refractivity contribution < 1.29 is 14.6 Å². The zero-order valence-corrected chi connectivity index (χ0v) is 11.7. The van der Waals surface area contributed by atoms with E-state index in [1.165, 1.54) is 0 Å². The molecule has 5 nitrogen and oxygen atoms in total. The van der Waals surface area contributed by atoms with E-state index >= 15 is 0 Å². The van der Waals surface area contributed by atoms with E-state index in [9.17, 15) is 5.11 Å². The third-order valence-corrected chi connectivity index (χ3v) is 4.22. The number of morpholine rings is 1. The average Bonchev–Trinajstić information content (AvgIpc) is 2.49. The van der Waals surface area contributed by atoms with Gasteiger partial charge in [0.25, 0.3) is 0 Å². The zero-order chi connectivity index (χ0) is 13.2. The summed E-state index contributed by atoms with van der Waals surface area (Å²) in [6, 6.07) is 0. The van der Waals surface area contributed by atoms with Gasteiger partial charge in [-0.1, -0.05) is 0 Å². The van der Waals surface area contributed by atoms with Crippen LogP contribution in [0.15, 0.2) is 0 Å². The number of carbonyl (C=O) groups excluding carboxylic acids is 1. The summed E-state index contributed by atoms with van der Waals surface area (Å²) in [5.41, 5.74) is 0. The van der Waals surface area contributed by atoms with E-state index in [1.807, 2.05) is 18.6 Å². The highest BCUT2D eigenvalue weighted by Gasteiger charge is 2.19. The van der Waals surface area contributed by atoms with Crippen LogP contribution in [0.3, 0.4) is 0 Å². The molecule has 1 N–H and O–H groups in total. The molecule has 2 heterocycles. The van der Waals surface area contributed by atoms with Gasteiger partial charge in [-0.25, -0.2) is 0 Å². The second-order valence-corrected chi connectivity index (χ2v) is 5.60. The van der Waals surface area contributed by atoms with Crippen molar-refractivity contribution in [2.24, 2.45) is 0 Å². The quantitative estimate of drug-likeness (QED) is 0.773. The molecule has 0 radical (unpaired) electrons. The first-order valence-corrected chi connectivity index (χ1v) is 7.60. The number of thioether (sulfide) groups is 1. The Morgan fingerprint density at radius 2 is 1.78 bits per heavy atom. The number of hydrogen-bond donors (Lipinski definition) is 1. The molecule has 6 heteroatoms. The summed E-state index contributed by atoms with van der Waals surface area (Å²) in [7, 11) is 0. The standard InChI is InChI=1S/C11H22N2O2S.CH2O/c14-11(13-5-9-16-10-6-13)1-2-12-3-7-15-8-4-12;1-2/h11,14H,1-10H2;1H2. The third kappa shape index (κ3) is 5.67. The summed E-state index contributed by atoms with van der Waals surface area (Å²) in [6.45, 7) is 8.79. The molecule has 18 heavy (non-hydrogen) atoms. The van der Waals surface area contributed by atoms with Crippen molar-refractivity contribution in [1.29, 1.82) is 0 Å². The van der Waals surface area contributed by atoms with Crippen molar-refractivity contribution in [3.63, 3.8) is 0 Å². The first kappa shape index (κ1) is 15.9. The van der Waals surface area contributed by atoms with Crippen LogP contribution in [0.2, 0.25) is 0 Å². The van der Waals surface area contributed by atoms with Crippen molar-refractivity contribution in [2.75, 3.05) is 57.4 Å². The number of carbonyl (C=O) groups is 1. The van der Waals surface area contributed by atoms with Gasteiger partial charge in [-0.2, -0.15) is 11.8 Å². The van der Waals surface area contributed by atoms with Crippen LogP contribution in [0.25, 0.3) is 0 Å². The average molecular weight is 276 g/mol.